The normalized spacial score (nSPS) is 16.5. The second-order valence-corrected chi connectivity index (χ2v) is 10.00. The highest BCUT2D eigenvalue weighted by atomic mass is 32.1. The zero-order valence-corrected chi connectivity index (χ0v) is 21.4. The molecule has 7 heteroatoms. The zero-order chi connectivity index (χ0) is 24.5. The van der Waals surface area contributed by atoms with Gasteiger partial charge in [-0.05, 0) is 53.6 Å². The highest BCUT2D eigenvalue weighted by Gasteiger charge is 2.33. The number of rotatable bonds is 13. The summed E-state index contributed by atoms with van der Waals surface area (Å²) in [5.41, 5.74) is 2.46. The average molecular weight is 487 g/mol. The summed E-state index contributed by atoms with van der Waals surface area (Å²) in [5, 5.41) is 12.4. The average Bonchev–Trinajstić information content (AvgIpc) is 3.31. The molecule has 3 rings (SSSR count). The van der Waals surface area contributed by atoms with Gasteiger partial charge in [0.15, 0.2) is 0 Å². The minimum absolute atomic E-state index is 0.0571. The van der Waals surface area contributed by atoms with E-state index in [0.717, 1.165) is 12.2 Å². The van der Waals surface area contributed by atoms with Crippen LogP contribution >= 0.6 is 11.3 Å². The summed E-state index contributed by atoms with van der Waals surface area (Å²) in [6.07, 6.45) is 1.87. The molecule has 0 fully saturated rings. The van der Waals surface area contributed by atoms with Crippen LogP contribution in [0.3, 0.4) is 0 Å². The van der Waals surface area contributed by atoms with E-state index in [1.807, 2.05) is 28.9 Å². The van der Waals surface area contributed by atoms with E-state index in [-0.39, 0.29) is 25.1 Å². The molecule has 1 aliphatic rings. The van der Waals surface area contributed by atoms with Gasteiger partial charge in [-0.15, -0.1) is 17.9 Å². The van der Waals surface area contributed by atoms with Crippen LogP contribution in [-0.4, -0.2) is 72.9 Å². The maximum Gasteiger partial charge on any atom is 0.237 e. The largest absolute Gasteiger partial charge is 0.491 e. The number of carbonyl (C=O) groups excluding carboxylic acids is 1. The highest BCUT2D eigenvalue weighted by Crippen LogP contribution is 2.34. The molecule has 0 spiro atoms. The molecule has 0 radical (unpaired) electrons. The Morgan fingerprint density at radius 3 is 2.76 bits per heavy atom. The predicted octanol–water partition coefficient (Wildman–Crippen LogP) is 4.26. The summed E-state index contributed by atoms with van der Waals surface area (Å²) in [6, 6.07) is 10.2. The van der Waals surface area contributed by atoms with E-state index in [0.29, 0.717) is 38.8 Å². The fraction of sp³-hybridized carbons (Fsp3) is 0.519. The van der Waals surface area contributed by atoms with Gasteiger partial charge in [0.2, 0.25) is 5.91 Å². The van der Waals surface area contributed by atoms with Crippen LogP contribution in [0.15, 0.2) is 48.4 Å². The Morgan fingerprint density at radius 2 is 2.09 bits per heavy atom. The molecule has 2 aromatic rings. The number of benzene rings is 1. The van der Waals surface area contributed by atoms with Gasteiger partial charge in [0.05, 0.1) is 31.9 Å². The second kappa shape index (κ2) is 13.0. The van der Waals surface area contributed by atoms with Crippen LogP contribution in [0.5, 0.6) is 5.75 Å². The minimum Gasteiger partial charge on any atom is -0.491 e. The molecule has 1 amide bonds. The van der Waals surface area contributed by atoms with Gasteiger partial charge in [0.1, 0.15) is 12.4 Å². The van der Waals surface area contributed by atoms with E-state index in [4.69, 9.17) is 9.47 Å². The number of aliphatic hydroxyl groups is 1. The van der Waals surface area contributed by atoms with Gasteiger partial charge in [-0.2, -0.15) is 0 Å². The molecule has 2 heterocycles. The third kappa shape index (κ3) is 7.15. The van der Waals surface area contributed by atoms with Crippen molar-refractivity contribution >= 4 is 17.2 Å². The number of fused-ring (bicyclic) bond motifs is 1. The highest BCUT2D eigenvalue weighted by molar-refractivity contribution is 7.10. The summed E-state index contributed by atoms with van der Waals surface area (Å²) < 4.78 is 11.5. The van der Waals surface area contributed by atoms with Crippen molar-refractivity contribution in [1.29, 1.82) is 0 Å². The summed E-state index contributed by atoms with van der Waals surface area (Å²) >= 11 is 1.75. The number of thiophene rings is 1. The van der Waals surface area contributed by atoms with E-state index >= 15 is 0 Å². The monoisotopic (exact) mass is 486 g/mol. The van der Waals surface area contributed by atoms with Crippen LogP contribution in [0, 0.1) is 0 Å². The van der Waals surface area contributed by atoms with Gasteiger partial charge >= 0.3 is 0 Å². The van der Waals surface area contributed by atoms with E-state index in [1.54, 1.807) is 17.4 Å². The Bertz CT molecular complexity index is 912. The van der Waals surface area contributed by atoms with E-state index in [1.165, 1.54) is 16.0 Å². The second-order valence-electron chi connectivity index (χ2n) is 8.99. The lowest BCUT2D eigenvalue weighted by Gasteiger charge is -2.37. The van der Waals surface area contributed by atoms with Crippen LogP contribution in [0.4, 0.5) is 0 Å². The number of nitrogens with zero attached hydrogens (tertiary/aromatic N) is 2. The lowest BCUT2D eigenvalue weighted by atomic mass is 10.00. The molecule has 0 unspecified atom stereocenters. The first-order valence-corrected chi connectivity index (χ1v) is 13.0. The van der Waals surface area contributed by atoms with Gasteiger partial charge in [0, 0.05) is 18.0 Å². The molecular weight excluding hydrogens is 448 g/mol. The standard InChI is InChI=1S/C27H38N2O4S/c1-5-14-32-18-22(30)16-28(6-2)17-27(31)29-13-11-26-24(12-15-34-26)25(29)19-33-23-9-7-21(8-10-23)20(3)4/h5,7-10,12,15,20,22,25,30H,1,6,11,13-14,16-19H2,2-4H3/t22-,25-/m0/s1. The zero-order valence-electron chi connectivity index (χ0n) is 20.6. The van der Waals surface area contributed by atoms with Gasteiger partial charge < -0.3 is 19.5 Å². The van der Waals surface area contributed by atoms with Gasteiger partial charge in [-0.1, -0.05) is 39.0 Å². The van der Waals surface area contributed by atoms with Crippen LogP contribution in [-0.2, 0) is 16.0 Å². The Labute approximate surface area is 207 Å². The fourth-order valence-electron chi connectivity index (χ4n) is 4.22. The number of aliphatic hydroxyl groups excluding tert-OH is 1. The number of hydrogen-bond donors (Lipinski definition) is 1. The quantitative estimate of drug-likeness (QED) is 0.339. The van der Waals surface area contributed by atoms with Gasteiger partial charge in [0.25, 0.3) is 0 Å². The van der Waals surface area contributed by atoms with Crippen LogP contribution in [0.2, 0.25) is 0 Å². The fourth-order valence-corrected chi connectivity index (χ4v) is 5.15. The first-order chi connectivity index (χ1) is 16.4. The Kier molecular flexibility index (Phi) is 10.1. The van der Waals surface area contributed by atoms with Crippen LogP contribution in [0.1, 0.15) is 48.7 Å². The maximum atomic E-state index is 13.4. The molecule has 0 saturated heterocycles. The first kappa shape index (κ1) is 26.4. The van der Waals surface area contributed by atoms with Crippen LogP contribution < -0.4 is 4.74 Å². The van der Waals surface area contributed by atoms with Gasteiger partial charge in [-0.3, -0.25) is 9.69 Å². The van der Waals surface area contributed by atoms with Crippen molar-refractivity contribution < 1.29 is 19.4 Å². The Morgan fingerprint density at radius 1 is 1.32 bits per heavy atom. The van der Waals surface area contributed by atoms with Crippen molar-refractivity contribution in [3.63, 3.8) is 0 Å². The third-order valence-electron chi connectivity index (χ3n) is 6.19. The van der Waals surface area contributed by atoms with E-state index in [2.05, 4.69) is 44.0 Å². The van der Waals surface area contributed by atoms with E-state index < -0.39 is 6.10 Å². The van der Waals surface area contributed by atoms with Crippen LogP contribution in [0.25, 0.3) is 0 Å². The molecular formula is C27H38N2O4S. The van der Waals surface area contributed by atoms with Crippen molar-refractivity contribution in [2.24, 2.45) is 0 Å². The smallest absolute Gasteiger partial charge is 0.237 e. The Balaban J connectivity index is 1.65. The molecule has 6 nitrogen and oxygen atoms in total. The molecule has 1 aromatic carbocycles. The summed E-state index contributed by atoms with van der Waals surface area (Å²) in [5.74, 6) is 1.35. The Hall–Kier alpha value is -2.19. The van der Waals surface area contributed by atoms with Crippen molar-refractivity contribution in [3.8, 4) is 5.75 Å². The van der Waals surface area contributed by atoms with Crippen molar-refractivity contribution in [2.45, 2.75) is 45.3 Å². The first-order valence-electron chi connectivity index (χ1n) is 12.1. The third-order valence-corrected chi connectivity index (χ3v) is 7.19. The molecule has 0 aliphatic carbocycles. The number of carbonyl (C=O) groups is 1. The molecule has 186 valence electrons. The number of ether oxygens (including phenoxy) is 2. The molecule has 2 atom stereocenters. The molecule has 34 heavy (non-hydrogen) atoms. The topological polar surface area (TPSA) is 62.2 Å². The summed E-state index contributed by atoms with van der Waals surface area (Å²) in [6.45, 7) is 13.0. The summed E-state index contributed by atoms with van der Waals surface area (Å²) in [7, 11) is 0. The van der Waals surface area contributed by atoms with Crippen molar-refractivity contribution in [1.82, 2.24) is 9.80 Å². The van der Waals surface area contributed by atoms with Gasteiger partial charge in [-0.25, -0.2) is 0 Å². The molecule has 0 saturated carbocycles. The predicted molar refractivity (Wildman–Crippen MR) is 138 cm³/mol. The van der Waals surface area contributed by atoms with E-state index in [9.17, 15) is 9.90 Å². The minimum atomic E-state index is -0.648. The molecule has 1 N–H and O–H groups in total. The maximum absolute atomic E-state index is 13.4. The number of hydrogen-bond acceptors (Lipinski definition) is 6. The summed E-state index contributed by atoms with van der Waals surface area (Å²) in [4.78, 5) is 18.6. The van der Waals surface area contributed by atoms with Crippen molar-refractivity contribution in [3.05, 3.63) is 64.4 Å². The molecule has 0 bridgehead atoms. The molecule has 1 aliphatic heterocycles. The number of amides is 1. The molecule has 1 aromatic heterocycles. The SMILES string of the molecule is C=CCOC[C@@H](O)CN(CC)CC(=O)N1CCc2sccc2[C@@H]1COc1ccc(C(C)C)cc1. The number of likely N-dealkylation sites (N-methyl/N-ethyl adjacent to an activating group) is 1. The lowest BCUT2D eigenvalue weighted by Crippen LogP contribution is -2.48. The van der Waals surface area contributed by atoms with Crippen molar-refractivity contribution in [2.75, 3.05) is 46.0 Å². The lowest BCUT2D eigenvalue weighted by molar-refractivity contribution is -0.136.